The quantitative estimate of drug-likeness (QED) is 0.152. The molecule has 0 saturated carbocycles. The summed E-state index contributed by atoms with van der Waals surface area (Å²) in [4.78, 5) is 4.90. The Morgan fingerprint density at radius 3 is 1.54 bits per heavy atom. The molecule has 54 heavy (non-hydrogen) atoms. The summed E-state index contributed by atoms with van der Waals surface area (Å²) in [6, 6.07) is 62.9. The van der Waals surface area contributed by atoms with Crippen LogP contribution in [-0.4, -0.2) is 8.07 Å². The summed E-state index contributed by atoms with van der Waals surface area (Å²) in [6.45, 7) is 14.3. The van der Waals surface area contributed by atoms with E-state index >= 15 is 0 Å². The molecule has 0 unspecified atom stereocenters. The molecule has 1 aliphatic rings. The lowest BCUT2D eigenvalue weighted by atomic mass is 9.81. The number of anilines is 6. The maximum absolute atomic E-state index is 2.48. The van der Waals surface area contributed by atoms with Crippen LogP contribution in [0.5, 0.6) is 0 Å². The van der Waals surface area contributed by atoms with Gasteiger partial charge in [0, 0.05) is 38.9 Å². The molecule has 264 valence electrons. The molecule has 1 aliphatic carbocycles. The van der Waals surface area contributed by atoms with Crippen LogP contribution in [0.2, 0.25) is 19.6 Å². The molecule has 0 fully saturated rings. The summed E-state index contributed by atoms with van der Waals surface area (Å²) in [5.74, 6) is 0. The molecule has 0 atom stereocenters. The van der Waals surface area contributed by atoms with Gasteiger partial charge in [0.1, 0.15) is 0 Å². The highest BCUT2D eigenvalue weighted by Gasteiger charge is 2.38. The first-order valence-electron chi connectivity index (χ1n) is 19.1. The van der Waals surface area contributed by atoms with E-state index in [0.717, 1.165) is 17.1 Å². The number of rotatable bonds is 7. The zero-order chi connectivity index (χ0) is 37.2. The zero-order valence-corrected chi connectivity index (χ0v) is 33.1. The summed E-state index contributed by atoms with van der Waals surface area (Å²) in [6.07, 6.45) is 0. The standard InChI is InChI=1S/C51H46N2Si/c1-35-25-27-38(28-26-35)53(47-31-32-49(54(4,5)6)42-23-15-13-21-40(42)47)39-29-30-44-45(33-39)51(2,3)46-34-48(41-22-14-16-24-43(41)50(44)46)52(36-17-9-7-10-18-36)37-19-11-8-12-20-37/h7-34H,1-6H3. The predicted molar refractivity (Wildman–Crippen MR) is 236 cm³/mol. The third-order valence-electron chi connectivity index (χ3n) is 11.4. The van der Waals surface area contributed by atoms with Gasteiger partial charge in [0.15, 0.2) is 0 Å². The van der Waals surface area contributed by atoms with E-state index in [4.69, 9.17) is 0 Å². The summed E-state index contributed by atoms with van der Waals surface area (Å²) in [5, 5.41) is 6.68. The van der Waals surface area contributed by atoms with Gasteiger partial charge < -0.3 is 9.80 Å². The molecular weight excluding hydrogens is 669 g/mol. The molecule has 8 aromatic rings. The van der Waals surface area contributed by atoms with Crippen molar-refractivity contribution in [3.8, 4) is 11.1 Å². The van der Waals surface area contributed by atoms with Crippen LogP contribution in [-0.2, 0) is 5.41 Å². The molecule has 0 radical (unpaired) electrons. The van der Waals surface area contributed by atoms with E-state index in [2.05, 4.69) is 220 Å². The van der Waals surface area contributed by atoms with Gasteiger partial charge in [0.05, 0.1) is 19.4 Å². The Balaban J connectivity index is 1.26. The first-order valence-corrected chi connectivity index (χ1v) is 22.6. The van der Waals surface area contributed by atoms with Crippen LogP contribution >= 0.6 is 0 Å². The van der Waals surface area contributed by atoms with Crippen LogP contribution in [0.15, 0.2) is 170 Å². The number of para-hydroxylation sites is 2. The van der Waals surface area contributed by atoms with Gasteiger partial charge in [0.25, 0.3) is 0 Å². The monoisotopic (exact) mass is 714 g/mol. The topological polar surface area (TPSA) is 6.48 Å². The Morgan fingerprint density at radius 2 is 0.926 bits per heavy atom. The van der Waals surface area contributed by atoms with E-state index in [1.54, 1.807) is 0 Å². The molecule has 0 bridgehead atoms. The Labute approximate surface area is 321 Å². The normalized spacial score (nSPS) is 13.1. The van der Waals surface area contributed by atoms with Crippen LogP contribution in [0.3, 0.4) is 0 Å². The lowest BCUT2D eigenvalue weighted by Gasteiger charge is -2.31. The second kappa shape index (κ2) is 12.9. The second-order valence-corrected chi connectivity index (χ2v) is 21.4. The molecule has 3 heteroatoms. The fourth-order valence-electron chi connectivity index (χ4n) is 8.71. The maximum atomic E-state index is 2.48. The highest BCUT2D eigenvalue weighted by atomic mass is 28.3. The smallest absolute Gasteiger partial charge is 0.0784 e. The first kappa shape index (κ1) is 33.9. The van der Waals surface area contributed by atoms with Gasteiger partial charge >= 0.3 is 0 Å². The highest BCUT2D eigenvalue weighted by Crippen LogP contribution is 2.56. The van der Waals surface area contributed by atoms with Gasteiger partial charge in [-0.2, -0.15) is 0 Å². The van der Waals surface area contributed by atoms with E-state index in [0.29, 0.717) is 0 Å². The minimum Gasteiger partial charge on any atom is -0.310 e. The third kappa shape index (κ3) is 5.54. The average Bonchev–Trinajstić information content (AvgIpc) is 3.41. The summed E-state index contributed by atoms with van der Waals surface area (Å²) >= 11 is 0. The molecule has 2 nitrogen and oxygen atoms in total. The molecule has 9 rings (SSSR count). The first-order chi connectivity index (χ1) is 26.1. The van der Waals surface area contributed by atoms with Crippen molar-refractivity contribution in [2.45, 2.75) is 45.8 Å². The Kier molecular flexibility index (Phi) is 8.10. The molecule has 8 aromatic carbocycles. The molecule has 0 saturated heterocycles. The Bertz CT molecular complexity index is 2630. The van der Waals surface area contributed by atoms with Gasteiger partial charge in [-0.25, -0.2) is 0 Å². The van der Waals surface area contributed by atoms with Gasteiger partial charge in [-0.3, -0.25) is 0 Å². The number of aryl methyl sites for hydroxylation is 1. The van der Waals surface area contributed by atoms with Gasteiger partial charge in [0.2, 0.25) is 0 Å². The van der Waals surface area contributed by atoms with Crippen LogP contribution in [0.4, 0.5) is 34.1 Å². The van der Waals surface area contributed by atoms with Crippen molar-refractivity contribution >= 4 is 68.9 Å². The van der Waals surface area contributed by atoms with Crippen LogP contribution in [0.25, 0.3) is 32.7 Å². The number of fused-ring (bicyclic) bond motifs is 6. The van der Waals surface area contributed by atoms with E-state index in [1.807, 2.05) is 0 Å². The number of hydrogen-bond donors (Lipinski definition) is 0. The third-order valence-corrected chi connectivity index (χ3v) is 13.5. The number of hydrogen-bond acceptors (Lipinski definition) is 2. The molecule has 0 aliphatic heterocycles. The maximum Gasteiger partial charge on any atom is 0.0784 e. The molecule has 0 spiro atoms. The minimum absolute atomic E-state index is 0.249. The van der Waals surface area contributed by atoms with E-state index in [9.17, 15) is 0 Å². The average molecular weight is 715 g/mol. The van der Waals surface area contributed by atoms with Gasteiger partial charge in [-0.1, -0.05) is 153 Å². The zero-order valence-electron chi connectivity index (χ0n) is 32.1. The van der Waals surface area contributed by atoms with Crippen molar-refractivity contribution in [3.63, 3.8) is 0 Å². The fraction of sp³-hybridized carbons (Fsp3) is 0.137. The van der Waals surface area contributed by atoms with Crippen LogP contribution in [0, 0.1) is 6.92 Å². The SMILES string of the molecule is Cc1ccc(N(c2ccc3c(c2)C(C)(C)c2cc(N(c4ccccc4)c4ccccc4)c4ccccc4c2-3)c2ccc([Si](C)(C)C)c3ccccc23)cc1. The summed E-state index contributed by atoms with van der Waals surface area (Å²) in [7, 11) is -1.59. The van der Waals surface area contributed by atoms with Crippen molar-refractivity contribution < 1.29 is 0 Å². The largest absolute Gasteiger partial charge is 0.310 e. The van der Waals surface area contributed by atoms with Crippen molar-refractivity contribution in [2.75, 3.05) is 9.80 Å². The second-order valence-electron chi connectivity index (χ2n) is 16.3. The lowest BCUT2D eigenvalue weighted by Crippen LogP contribution is -2.38. The lowest BCUT2D eigenvalue weighted by molar-refractivity contribution is 0.661. The Hall–Kier alpha value is -5.90. The van der Waals surface area contributed by atoms with Crippen LogP contribution < -0.4 is 15.0 Å². The van der Waals surface area contributed by atoms with Crippen molar-refractivity contribution in [1.29, 1.82) is 0 Å². The fourth-order valence-corrected chi connectivity index (χ4v) is 10.3. The van der Waals surface area contributed by atoms with E-state index < -0.39 is 8.07 Å². The minimum atomic E-state index is -1.59. The molecule has 0 heterocycles. The molecule has 0 amide bonds. The number of benzene rings is 8. The summed E-state index contributed by atoms with van der Waals surface area (Å²) < 4.78 is 0. The van der Waals surface area contributed by atoms with Crippen molar-refractivity contribution in [3.05, 3.63) is 187 Å². The Morgan fingerprint density at radius 1 is 0.426 bits per heavy atom. The van der Waals surface area contributed by atoms with Gasteiger partial charge in [-0.15, -0.1) is 0 Å². The van der Waals surface area contributed by atoms with Gasteiger partial charge in [-0.05, 0) is 101 Å². The van der Waals surface area contributed by atoms with Crippen LogP contribution in [0.1, 0.15) is 30.5 Å². The summed E-state index contributed by atoms with van der Waals surface area (Å²) in [5.41, 5.74) is 13.4. The molecular formula is C51H46N2Si. The van der Waals surface area contributed by atoms with E-state index in [-0.39, 0.29) is 5.41 Å². The number of nitrogens with zero attached hydrogens (tertiary/aromatic N) is 2. The van der Waals surface area contributed by atoms with E-state index in [1.165, 1.54) is 71.6 Å². The van der Waals surface area contributed by atoms with Crippen molar-refractivity contribution in [1.82, 2.24) is 0 Å². The predicted octanol–water partition coefficient (Wildman–Crippen LogP) is 14.1. The molecule has 0 N–H and O–H groups in total. The van der Waals surface area contributed by atoms with Crippen molar-refractivity contribution in [2.24, 2.45) is 0 Å². The molecule has 0 aromatic heterocycles. The highest BCUT2D eigenvalue weighted by molar-refractivity contribution is 6.90.